The smallest absolute Gasteiger partial charge is 0.403 e. The third-order valence-corrected chi connectivity index (χ3v) is 3.85. The second-order valence-electron chi connectivity index (χ2n) is 5.10. The number of fused-ring (bicyclic) bond motifs is 1. The molecule has 0 radical (unpaired) electrons. The molecule has 1 unspecified atom stereocenters. The van der Waals surface area contributed by atoms with Crippen LogP contribution in [0.5, 0.6) is 0 Å². The van der Waals surface area contributed by atoms with Crippen LogP contribution in [0.2, 0.25) is 0 Å². The largest absolute Gasteiger partial charge is 0.450 e. The Hall–Kier alpha value is -1.89. The molecule has 1 aliphatic rings. The molecule has 7 heteroatoms. The van der Waals surface area contributed by atoms with Crippen molar-refractivity contribution in [3.63, 3.8) is 0 Å². The summed E-state index contributed by atoms with van der Waals surface area (Å²) in [6.07, 6.45) is -5.04. The van der Waals surface area contributed by atoms with E-state index in [4.69, 9.17) is 4.42 Å². The van der Waals surface area contributed by atoms with E-state index in [1.807, 2.05) is 0 Å². The zero-order valence-electron chi connectivity index (χ0n) is 10.8. The highest BCUT2D eigenvalue weighted by Gasteiger charge is 2.62. The molecule has 0 bridgehead atoms. The Morgan fingerprint density at radius 1 is 1.33 bits per heavy atom. The standard InChI is InChI=1S/C14H11F4NO2/c15-9-3-1-2-8-6-10(21-11(8)9)12(20)13(14(16,17)18)4-5-19-7-13/h1-3,6,19H,4-5,7H2. The van der Waals surface area contributed by atoms with Crippen LogP contribution >= 0.6 is 0 Å². The van der Waals surface area contributed by atoms with Gasteiger partial charge in [0.25, 0.3) is 0 Å². The number of rotatable bonds is 2. The molecule has 2 heterocycles. The molecular weight excluding hydrogens is 290 g/mol. The second-order valence-corrected chi connectivity index (χ2v) is 5.10. The number of Topliss-reactive ketones (excluding diaryl/α,β-unsaturated/α-hetero) is 1. The maximum atomic E-state index is 13.5. The molecule has 0 spiro atoms. The minimum Gasteiger partial charge on any atom is -0.450 e. The van der Waals surface area contributed by atoms with Gasteiger partial charge in [0.15, 0.2) is 17.2 Å². The SMILES string of the molecule is O=C(c1cc2cccc(F)c2o1)C1(C(F)(F)F)CCNC1. The Morgan fingerprint density at radius 3 is 2.67 bits per heavy atom. The summed E-state index contributed by atoms with van der Waals surface area (Å²) in [6, 6.07) is 5.16. The van der Waals surface area contributed by atoms with E-state index < -0.39 is 35.5 Å². The molecule has 3 rings (SSSR count). The van der Waals surface area contributed by atoms with Gasteiger partial charge in [-0.05, 0) is 25.1 Å². The summed E-state index contributed by atoms with van der Waals surface area (Å²) < 4.78 is 58.5. The number of nitrogens with one attached hydrogen (secondary N) is 1. The van der Waals surface area contributed by atoms with Crippen molar-refractivity contribution < 1.29 is 26.8 Å². The van der Waals surface area contributed by atoms with Gasteiger partial charge in [-0.15, -0.1) is 0 Å². The number of carbonyl (C=O) groups is 1. The van der Waals surface area contributed by atoms with E-state index in [1.165, 1.54) is 12.1 Å². The molecule has 1 aliphatic heterocycles. The molecule has 1 aromatic carbocycles. The van der Waals surface area contributed by atoms with E-state index in [0.717, 1.165) is 12.1 Å². The number of hydrogen-bond acceptors (Lipinski definition) is 3. The van der Waals surface area contributed by atoms with Gasteiger partial charge in [0.05, 0.1) is 0 Å². The van der Waals surface area contributed by atoms with E-state index in [0.29, 0.717) is 0 Å². The minimum absolute atomic E-state index is 0.0971. The van der Waals surface area contributed by atoms with E-state index in [1.54, 1.807) is 0 Å². The Morgan fingerprint density at radius 2 is 2.10 bits per heavy atom. The highest BCUT2D eigenvalue weighted by molar-refractivity contribution is 6.02. The first-order valence-electron chi connectivity index (χ1n) is 6.35. The van der Waals surface area contributed by atoms with E-state index >= 15 is 0 Å². The van der Waals surface area contributed by atoms with Crippen molar-refractivity contribution in [2.75, 3.05) is 13.1 Å². The molecule has 1 fully saturated rings. The summed E-state index contributed by atoms with van der Waals surface area (Å²) in [5, 5.41) is 2.82. The Balaban J connectivity index is 2.09. The third-order valence-electron chi connectivity index (χ3n) is 3.85. The van der Waals surface area contributed by atoms with E-state index in [9.17, 15) is 22.4 Å². The fraction of sp³-hybridized carbons (Fsp3) is 0.357. The molecule has 112 valence electrons. The lowest BCUT2D eigenvalue weighted by atomic mass is 9.80. The quantitative estimate of drug-likeness (QED) is 0.683. The van der Waals surface area contributed by atoms with Crippen LogP contribution in [0.1, 0.15) is 17.0 Å². The number of para-hydroxylation sites is 1. The number of ketones is 1. The van der Waals surface area contributed by atoms with Crippen LogP contribution < -0.4 is 5.32 Å². The number of halogens is 4. The average molecular weight is 301 g/mol. The Labute approximate surface area is 116 Å². The van der Waals surface area contributed by atoms with Crippen molar-refractivity contribution >= 4 is 16.8 Å². The first-order valence-corrected chi connectivity index (χ1v) is 6.35. The van der Waals surface area contributed by atoms with Crippen LogP contribution in [0, 0.1) is 11.2 Å². The molecule has 21 heavy (non-hydrogen) atoms. The molecule has 0 saturated carbocycles. The summed E-state index contributed by atoms with van der Waals surface area (Å²) in [5.41, 5.74) is -2.71. The van der Waals surface area contributed by atoms with Gasteiger partial charge in [0.1, 0.15) is 5.41 Å². The molecule has 1 atom stereocenters. The summed E-state index contributed by atoms with van der Waals surface area (Å²) in [7, 11) is 0. The van der Waals surface area contributed by atoms with Gasteiger partial charge in [-0.3, -0.25) is 4.79 Å². The van der Waals surface area contributed by atoms with Gasteiger partial charge in [0.2, 0.25) is 5.78 Å². The van der Waals surface area contributed by atoms with Gasteiger partial charge in [-0.1, -0.05) is 12.1 Å². The molecule has 0 aliphatic carbocycles. The van der Waals surface area contributed by atoms with Gasteiger partial charge in [-0.2, -0.15) is 13.2 Å². The summed E-state index contributed by atoms with van der Waals surface area (Å²) in [4.78, 5) is 12.3. The van der Waals surface area contributed by atoms with Gasteiger partial charge in [0, 0.05) is 11.9 Å². The molecule has 0 amide bonds. The van der Waals surface area contributed by atoms with Crippen LogP contribution in [0.4, 0.5) is 17.6 Å². The fourth-order valence-corrected chi connectivity index (χ4v) is 2.63. The first kappa shape index (κ1) is 14.1. The van der Waals surface area contributed by atoms with Crippen molar-refractivity contribution in [2.24, 2.45) is 5.41 Å². The second kappa shape index (κ2) is 4.56. The van der Waals surface area contributed by atoms with Gasteiger partial charge in [-0.25, -0.2) is 4.39 Å². The van der Waals surface area contributed by atoms with Crippen LogP contribution in [-0.4, -0.2) is 25.0 Å². The first-order chi connectivity index (χ1) is 9.85. The minimum atomic E-state index is -4.69. The lowest BCUT2D eigenvalue weighted by molar-refractivity contribution is -0.197. The molecular formula is C14H11F4NO2. The van der Waals surface area contributed by atoms with Crippen molar-refractivity contribution in [3.05, 3.63) is 35.8 Å². The number of hydrogen-bond donors (Lipinski definition) is 1. The zero-order chi connectivity index (χ0) is 15.3. The van der Waals surface area contributed by atoms with Crippen LogP contribution in [0.3, 0.4) is 0 Å². The Kier molecular flexibility index (Phi) is 3.05. The van der Waals surface area contributed by atoms with Crippen molar-refractivity contribution in [1.82, 2.24) is 5.32 Å². The van der Waals surface area contributed by atoms with E-state index in [2.05, 4.69) is 5.32 Å². The maximum Gasteiger partial charge on any atom is 0.403 e. The van der Waals surface area contributed by atoms with E-state index in [-0.39, 0.29) is 23.9 Å². The Bertz CT molecular complexity index is 699. The van der Waals surface area contributed by atoms with Crippen molar-refractivity contribution in [2.45, 2.75) is 12.6 Å². The molecule has 3 nitrogen and oxygen atoms in total. The molecule has 2 aromatic rings. The third kappa shape index (κ3) is 2.03. The summed E-state index contributed by atoms with van der Waals surface area (Å²) >= 11 is 0. The molecule has 1 N–H and O–H groups in total. The predicted molar refractivity (Wildman–Crippen MR) is 66.5 cm³/mol. The van der Waals surface area contributed by atoms with Crippen LogP contribution in [0.15, 0.2) is 28.7 Å². The molecule has 1 aromatic heterocycles. The average Bonchev–Trinajstić information content (AvgIpc) is 3.05. The van der Waals surface area contributed by atoms with Crippen molar-refractivity contribution in [3.8, 4) is 0 Å². The van der Waals surface area contributed by atoms with Gasteiger partial charge >= 0.3 is 6.18 Å². The summed E-state index contributed by atoms with van der Waals surface area (Å²) in [5.74, 6) is -2.33. The zero-order valence-corrected chi connectivity index (χ0v) is 10.8. The number of alkyl halides is 3. The maximum absolute atomic E-state index is 13.5. The monoisotopic (exact) mass is 301 g/mol. The van der Waals surface area contributed by atoms with Gasteiger partial charge < -0.3 is 9.73 Å². The lowest BCUT2D eigenvalue weighted by Crippen LogP contribution is -2.46. The normalized spacial score (nSPS) is 22.9. The lowest BCUT2D eigenvalue weighted by Gasteiger charge is -2.28. The fourth-order valence-electron chi connectivity index (χ4n) is 2.63. The number of furan rings is 1. The topological polar surface area (TPSA) is 42.2 Å². The van der Waals surface area contributed by atoms with Crippen LogP contribution in [0.25, 0.3) is 11.0 Å². The number of carbonyl (C=O) groups excluding carboxylic acids is 1. The summed E-state index contributed by atoms with van der Waals surface area (Å²) in [6.45, 7) is -0.394. The van der Waals surface area contributed by atoms with Crippen LogP contribution in [-0.2, 0) is 0 Å². The highest BCUT2D eigenvalue weighted by Crippen LogP contribution is 2.45. The number of benzene rings is 1. The van der Waals surface area contributed by atoms with Crippen molar-refractivity contribution in [1.29, 1.82) is 0 Å². The predicted octanol–water partition coefficient (Wildman–Crippen LogP) is 3.30. The molecule has 1 saturated heterocycles. The highest BCUT2D eigenvalue weighted by atomic mass is 19.4.